The number of rotatable bonds is 11. The number of carboxylic acid groups (broad SMARTS) is 1. The van der Waals surface area contributed by atoms with Gasteiger partial charge in [-0.2, -0.15) is 0 Å². The van der Waals surface area contributed by atoms with Crippen LogP contribution in [0, 0.1) is 0 Å². The third-order valence-corrected chi connectivity index (χ3v) is 2.83. The summed E-state index contributed by atoms with van der Waals surface area (Å²) in [7, 11) is 0. The summed E-state index contributed by atoms with van der Waals surface area (Å²) in [5.41, 5.74) is 0. The number of nitrogens with zero attached hydrogens (tertiary/aromatic N) is 1. The number of carboxylic acids is 1. The number of alkyl halides is 1. The molecule has 0 fully saturated rings. The minimum Gasteiger partial charge on any atom is -0.548 e. The van der Waals surface area contributed by atoms with Crippen LogP contribution in [0.3, 0.4) is 0 Å². The first-order valence-corrected chi connectivity index (χ1v) is 6.65. The molecule has 0 N–H and O–H groups in total. The molecule has 0 saturated heterocycles. The number of halogens is 1. The quantitative estimate of drug-likeness (QED) is 0.335. The molecule has 106 valence electrons. The zero-order chi connectivity index (χ0) is 13.8. The van der Waals surface area contributed by atoms with Gasteiger partial charge in [0.25, 0.3) is 0 Å². The first kappa shape index (κ1) is 21.2. The molecule has 0 aromatic carbocycles. The van der Waals surface area contributed by atoms with Crippen LogP contribution in [-0.2, 0) is 9.59 Å². The van der Waals surface area contributed by atoms with Crippen LogP contribution in [0.4, 0.5) is 4.39 Å². The molecule has 0 aliphatic rings. The van der Waals surface area contributed by atoms with E-state index in [0.717, 1.165) is 32.1 Å². The van der Waals surface area contributed by atoms with Gasteiger partial charge in [0.05, 0.1) is 19.2 Å². The van der Waals surface area contributed by atoms with Crippen molar-refractivity contribution >= 4 is 11.9 Å². The molecular weight excluding hydrogens is 260 g/mol. The molecule has 4 nitrogen and oxygen atoms in total. The predicted molar refractivity (Wildman–Crippen MR) is 65.6 cm³/mol. The van der Waals surface area contributed by atoms with Crippen molar-refractivity contribution in [1.29, 1.82) is 0 Å². The van der Waals surface area contributed by atoms with Gasteiger partial charge in [-0.15, -0.1) is 0 Å². The van der Waals surface area contributed by atoms with E-state index in [9.17, 15) is 19.1 Å². The van der Waals surface area contributed by atoms with Crippen molar-refractivity contribution in [3.05, 3.63) is 0 Å². The van der Waals surface area contributed by atoms with Crippen LogP contribution in [-0.4, -0.2) is 36.5 Å². The Hall–Kier alpha value is -0.130. The second kappa shape index (κ2) is 14.3. The largest absolute Gasteiger partial charge is 1.00 e. The summed E-state index contributed by atoms with van der Waals surface area (Å²) in [5, 5.41) is 10.4. The Morgan fingerprint density at radius 3 is 2.05 bits per heavy atom. The van der Waals surface area contributed by atoms with Crippen LogP contribution in [0.25, 0.3) is 0 Å². The topological polar surface area (TPSA) is 60.4 Å². The average molecular weight is 283 g/mol. The van der Waals surface area contributed by atoms with Crippen molar-refractivity contribution in [3.8, 4) is 0 Å². The number of amides is 1. The van der Waals surface area contributed by atoms with E-state index in [1.165, 1.54) is 4.90 Å². The first-order chi connectivity index (χ1) is 8.61. The van der Waals surface area contributed by atoms with Crippen LogP contribution in [0.15, 0.2) is 0 Å². The normalized spacial score (nSPS) is 9.79. The molecule has 0 aliphatic carbocycles. The average Bonchev–Trinajstić information content (AvgIpc) is 2.34. The summed E-state index contributed by atoms with van der Waals surface area (Å²) >= 11 is 0. The fourth-order valence-electron chi connectivity index (χ4n) is 1.77. The Balaban J connectivity index is 0. The molecule has 6 heteroatoms. The van der Waals surface area contributed by atoms with Crippen molar-refractivity contribution < 1.29 is 48.6 Å². The molecule has 19 heavy (non-hydrogen) atoms. The van der Waals surface area contributed by atoms with Crippen molar-refractivity contribution in [1.82, 2.24) is 4.90 Å². The van der Waals surface area contributed by atoms with E-state index >= 15 is 0 Å². The second-order valence-corrected chi connectivity index (χ2v) is 4.34. The van der Waals surface area contributed by atoms with Crippen molar-refractivity contribution in [2.45, 2.75) is 51.9 Å². The summed E-state index contributed by atoms with van der Waals surface area (Å²) in [6.07, 6.45) is 5.59. The van der Waals surface area contributed by atoms with Crippen LogP contribution >= 0.6 is 0 Å². The SMILES string of the molecule is CCN(CC(=O)[O-])C(=O)CCCCCCCCF.[Na+]. The third kappa shape index (κ3) is 12.6. The van der Waals surface area contributed by atoms with E-state index in [1.54, 1.807) is 6.92 Å². The van der Waals surface area contributed by atoms with Gasteiger partial charge in [-0.25, -0.2) is 0 Å². The fraction of sp³-hybridized carbons (Fsp3) is 0.846. The van der Waals surface area contributed by atoms with Gasteiger partial charge in [0.1, 0.15) is 0 Å². The number of aliphatic carboxylic acids is 1. The maximum atomic E-state index is 11.8. The summed E-state index contributed by atoms with van der Waals surface area (Å²) in [6, 6.07) is 0. The molecule has 1 amide bonds. The van der Waals surface area contributed by atoms with Crippen molar-refractivity contribution in [2.24, 2.45) is 0 Å². The standard InChI is InChI=1S/C13H24FNO3.Na/c1-2-15(11-13(17)18)12(16)9-7-5-3-4-6-8-10-14;/h2-11H2,1H3,(H,17,18);/q;+1/p-1. The minimum atomic E-state index is -1.23. The molecule has 0 bridgehead atoms. The third-order valence-electron chi connectivity index (χ3n) is 2.83. The number of unbranched alkanes of at least 4 members (excludes halogenated alkanes) is 5. The Bertz CT molecular complexity index is 252. The number of carbonyl (C=O) groups excluding carboxylic acids is 2. The van der Waals surface area contributed by atoms with Crippen LogP contribution in [0.1, 0.15) is 51.9 Å². The van der Waals surface area contributed by atoms with Crippen molar-refractivity contribution in [2.75, 3.05) is 19.8 Å². The van der Waals surface area contributed by atoms with Gasteiger partial charge >= 0.3 is 29.6 Å². The predicted octanol–water partition coefficient (Wildman–Crippen LogP) is -1.71. The molecule has 0 spiro atoms. The minimum absolute atomic E-state index is 0. The number of hydrogen-bond acceptors (Lipinski definition) is 3. The van der Waals surface area contributed by atoms with Gasteiger partial charge in [-0.05, 0) is 19.8 Å². The molecule has 0 aromatic heterocycles. The smallest absolute Gasteiger partial charge is 0.548 e. The van der Waals surface area contributed by atoms with E-state index in [-0.39, 0.29) is 48.7 Å². The Morgan fingerprint density at radius 1 is 1.05 bits per heavy atom. The number of likely N-dealkylation sites (N-methyl/N-ethyl adjacent to an activating group) is 1. The maximum Gasteiger partial charge on any atom is 1.00 e. The Morgan fingerprint density at radius 2 is 1.58 bits per heavy atom. The number of hydrogen-bond donors (Lipinski definition) is 0. The van der Waals surface area contributed by atoms with Crippen LogP contribution in [0.2, 0.25) is 0 Å². The van der Waals surface area contributed by atoms with Gasteiger partial charge in [0, 0.05) is 13.0 Å². The molecule has 0 atom stereocenters. The van der Waals surface area contributed by atoms with E-state index in [0.29, 0.717) is 19.4 Å². The zero-order valence-electron chi connectivity index (χ0n) is 12.1. The Kier molecular flexibility index (Phi) is 15.9. The van der Waals surface area contributed by atoms with E-state index in [1.807, 2.05) is 0 Å². The first-order valence-electron chi connectivity index (χ1n) is 6.65. The van der Waals surface area contributed by atoms with E-state index in [4.69, 9.17) is 0 Å². The monoisotopic (exact) mass is 283 g/mol. The van der Waals surface area contributed by atoms with Gasteiger partial charge in [0.2, 0.25) is 5.91 Å². The van der Waals surface area contributed by atoms with Gasteiger partial charge in [-0.1, -0.05) is 25.7 Å². The molecule has 0 aromatic rings. The molecular formula is C13H23FNNaO3. The molecule has 0 aliphatic heterocycles. The van der Waals surface area contributed by atoms with E-state index < -0.39 is 5.97 Å². The zero-order valence-corrected chi connectivity index (χ0v) is 14.1. The van der Waals surface area contributed by atoms with Gasteiger partial charge in [0.15, 0.2) is 0 Å². The Labute approximate surface area is 137 Å². The summed E-state index contributed by atoms with van der Waals surface area (Å²) in [4.78, 5) is 23.3. The fourth-order valence-corrected chi connectivity index (χ4v) is 1.77. The summed E-state index contributed by atoms with van der Waals surface area (Å²) < 4.78 is 11.8. The van der Waals surface area contributed by atoms with Gasteiger partial charge in [-0.3, -0.25) is 9.18 Å². The van der Waals surface area contributed by atoms with Crippen LogP contribution < -0.4 is 34.7 Å². The summed E-state index contributed by atoms with van der Waals surface area (Å²) in [6.45, 7) is 1.56. The van der Waals surface area contributed by atoms with E-state index in [2.05, 4.69) is 0 Å². The van der Waals surface area contributed by atoms with Gasteiger partial charge < -0.3 is 14.8 Å². The number of carbonyl (C=O) groups is 2. The molecule has 0 unspecified atom stereocenters. The summed E-state index contributed by atoms with van der Waals surface area (Å²) in [5.74, 6) is -1.36. The maximum absolute atomic E-state index is 11.8. The molecule has 0 radical (unpaired) electrons. The molecule has 0 heterocycles. The molecule has 0 saturated carbocycles. The van der Waals surface area contributed by atoms with Crippen LogP contribution in [0.5, 0.6) is 0 Å². The van der Waals surface area contributed by atoms with Crippen molar-refractivity contribution in [3.63, 3.8) is 0 Å². The molecule has 0 rings (SSSR count). The second-order valence-electron chi connectivity index (χ2n) is 4.34.